The number of rotatable bonds is 3. The maximum atomic E-state index is 11.8. The van der Waals surface area contributed by atoms with Gasteiger partial charge >= 0.3 is 5.97 Å². The van der Waals surface area contributed by atoms with Crippen molar-refractivity contribution in [1.82, 2.24) is 0 Å². The van der Waals surface area contributed by atoms with Crippen molar-refractivity contribution < 1.29 is 18.7 Å². The number of aliphatic imine (C=N–C) groups is 1. The van der Waals surface area contributed by atoms with E-state index in [0.29, 0.717) is 17.1 Å². The van der Waals surface area contributed by atoms with Crippen LogP contribution in [-0.2, 0) is 9.53 Å². The lowest BCUT2D eigenvalue weighted by atomic mass is 10.2. The van der Waals surface area contributed by atoms with E-state index in [2.05, 4.69) is 4.99 Å². The highest BCUT2D eigenvalue weighted by atomic mass is 16.6. The molecule has 0 unspecified atom stereocenters. The molecule has 5 nitrogen and oxygen atoms in total. The summed E-state index contributed by atoms with van der Waals surface area (Å²) in [5.41, 5.74) is 0.892. The van der Waals surface area contributed by atoms with Crippen LogP contribution in [0.1, 0.15) is 17.1 Å². The van der Waals surface area contributed by atoms with Gasteiger partial charge in [0.25, 0.3) is 0 Å². The summed E-state index contributed by atoms with van der Waals surface area (Å²) >= 11 is 0. The summed E-state index contributed by atoms with van der Waals surface area (Å²) in [6.07, 6.45) is 1.56. The molecule has 21 heavy (non-hydrogen) atoms. The molecule has 1 aromatic heterocycles. The van der Waals surface area contributed by atoms with Crippen LogP contribution in [0.25, 0.3) is 6.08 Å². The van der Waals surface area contributed by atoms with E-state index in [0.717, 1.165) is 5.76 Å². The van der Waals surface area contributed by atoms with Gasteiger partial charge in [0.2, 0.25) is 5.90 Å². The Kier molecular flexibility index (Phi) is 3.31. The zero-order valence-electron chi connectivity index (χ0n) is 11.6. The largest absolute Gasteiger partial charge is 0.497 e. The van der Waals surface area contributed by atoms with Crippen LogP contribution in [0, 0.1) is 6.92 Å². The van der Waals surface area contributed by atoms with E-state index in [1.54, 1.807) is 31.4 Å². The first-order chi connectivity index (χ1) is 10.2. The highest BCUT2D eigenvalue weighted by molar-refractivity contribution is 6.12. The summed E-state index contributed by atoms with van der Waals surface area (Å²) < 4.78 is 15.7. The summed E-state index contributed by atoms with van der Waals surface area (Å²) in [4.78, 5) is 16.1. The van der Waals surface area contributed by atoms with Gasteiger partial charge in [-0.05, 0) is 37.3 Å². The van der Waals surface area contributed by atoms with Gasteiger partial charge < -0.3 is 13.9 Å². The van der Waals surface area contributed by atoms with Crippen molar-refractivity contribution in [3.8, 4) is 5.75 Å². The molecule has 0 amide bonds. The molecule has 5 heteroatoms. The summed E-state index contributed by atoms with van der Waals surface area (Å²) in [6, 6.07) is 10.8. The number of ether oxygens (including phenoxy) is 2. The standard InChI is InChI=1S/C16H13NO4/c1-10-6-7-13(20-10)9-14-16(18)21-15(17-14)11-4-3-5-12(8-11)19-2/h3-9H,1-2H3. The summed E-state index contributed by atoms with van der Waals surface area (Å²) in [5.74, 6) is 1.76. The van der Waals surface area contributed by atoms with Gasteiger partial charge in [-0.25, -0.2) is 9.79 Å². The number of furan rings is 1. The number of carbonyl (C=O) groups excluding carboxylic acids is 1. The van der Waals surface area contributed by atoms with Crippen molar-refractivity contribution in [3.63, 3.8) is 0 Å². The van der Waals surface area contributed by atoms with Gasteiger partial charge in [-0.2, -0.15) is 0 Å². The van der Waals surface area contributed by atoms with Crippen LogP contribution in [0.15, 0.2) is 51.5 Å². The van der Waals surface area contributed by atoms with Gasteiger partial charge in [-0.3, -0.25) is 0 Å². The first kappa shape index (κ1) is 13.2. The molecule has 2 aromatic rings. The molecule has 0 saturated carbocycles. The molecule has 1 aliphatic heterocycles. The molecular weight excluding hydrogens is 270 g/mol. The van der Waals surface area contributed by atoms with Crippen LogP contribution in [0.4, 0.5) is 0 Å². The number of aryl methyl sites for hydroxylation is 1. The molecule has 0 spiro atoms. The minimum atomic E-state index is -0.498. The van der Waals surface area contributed by atoms with Gasteiger partial charge in [0.15, 0.2) is 5.70 Å². The zero-order chi connectivity index (χ0) is 14.8. The molecule has 2 heterocycles. The Balaban J connectivity index is 1.93. The average Bonchev–Trinajstić information content (AvgIpc) is 3.06. The maximum absolute atomic E-state index is 11.8. The van der Waals surface area contributed by atoms with E-state index in [4.69, 9.17) is 13.9 Å². The monoisotopic (exact) mass is 283 g/mol. The number of nitrogens with zero attached hydrogens (tertiary/aromatic N) is 1. The van der Waals surface area contributed by atoms with Crippen LogP contribution in [0.5, 0.6) is 5.75 Å². The number of hydrogen-bond donors (Lipinski definition) is 0. The molecule has 1 aromatic carbocycles. The van der Waals surface area contributed by atoms with E-state index >= 15 is 0 Å². The molecule has 0 atom stereocenters. The Morgan fingerprint density at radius 3 is 2.81 bits per heavy atom. The van der Waals surface area contributed by atoms with Crippen molar-refractivity contribution >= 4 is 17.9 Å². The molecule has 0 fully saturated rings. The minimum absolute atomic E-state index is 0.210. The second-order valence-corrected chi connectivity index (χ2v) is 4.52. The van der Waals surface area contributed by atoms with Gasteiger partial charge in [-0.15, -0.1) is 0 Å². The van der Waals surface area contributed by atoms with Crippen LogP contribution in [0.2, 0.25) is 0 Å². The highest BCUT2D eigenvalue weighted by Gasteiger charge is 2.24. The maximum Gasteiger partial charge on any atom is 0.363 e. The number of cyclic esters (lactones) is 1. The number of esters is 1. The molecule has 0 aliphatic carbocycles. The van der Waals surface area contributed by atoms with Gasteiger partial charge in [0.1, 0.15) is 17.3 Å². The molecule has 1 aliphatic rings. The fourth-order valence-electron chi connectivity index (χ4n) is 1.95. The molecule has 106 valence electrons. The number of benzene rings is 1. The first-order valence-corrected chi connectivity index (χ1v) is 6.39. The normalized spacial score (nSPS) is 16.0. The molecule has 3 rings (SSSR count). The Morgan fingerprint density at radius 2 is 2.10 bits per heavy atom. The third-order valence-electron chi connectivity index (χ3n) is 2.98. The minimum Gasteiger partial charge on any atom is -0.497 e. The number of carbonyl (C=O) groups is 1. The lowest BCUT2D eigenvalue weighted by Gasteiger charge is -2.02. The SMILES string of the molecule is COc1cccc(C2=NC(=Cc3ccc(C)o3)C(=O)O2)c1. The van der Waals surface area contributed by atoms with Gasteiger partial charge in [0, 0.05) is 11.6 Å². The van der Waals surface area contributed by atoms with E-state index in [1.165, 1.54) is 0 Å². The second-order valence-electron chi connectivity index (χ2n) is 4.52. The summed E-state index contributed by atoms with van der Waals surface area (Å²) in [6.45, 7) is 1.83. The van der Waals surface area contributed by atoms with Crippen molar-refractivity contribution in [3.05, 3.63) is 59.2 Å². The average molecular weight is 283 g/mol. The lowest BCUT2D eigenvalue weighted by molar-refractivity contribution is -0.129. The van der Waals surface area contributed by atoms with Crippen LogP contribution >= 0.6 is 0 Å². The third kappa shape index (κ3) is 2.72. The van der Waals surface area contributed by atoms with Crippen molar-refractivity contribution in [1.29, 1.82) is 0 Å². The zero-order valence-corrected chi connectivity index (χ0v) is 11.6. The molecule has 0 N–H and O–H groups in total. The number of hydrogen-bond acceptors (Lipinski definition) is 5. The van der Waals surface area contributed by atoms with Crippen molar-refractivity contribution in [2.45, 2.75) is 6.92 Å². The third-order valence-corrected chi connectivity index (χ3v) is 2.98. The molecule has 0 saturated heterocycles. The topological polar surface area (TPSA) is 61.0 Å². The quantitative estimate of drug-likeness (QED) is 0.642. The van der Waals surface area contributed by atoms with E-state index in [9.17, 15) is 4.79 Å². The molecule has 0 radical (unpaired) electrons. The van der Waals surface area contributed by atoms with E-state index in [1.807, 2.05) is 25.1 Å². The van der Waals surface area contributed by atoms with Gasteiger partial charge in [0.05, 0.1) is 7.11 Å². The fourth-order valence-corrected chi connectivity index (χ4v) is 1.95. The van der Waals surface area contributed by atoms with Crippen molar-refractivity contribution in [2.24, 2.45) is 4.99 Å². The summed E-state index contributed by atoms with van der Waals surface area (Å²) in [5, 5.41) is 0. The summed E-state index contributed by atoms with van der Waals surface area (Å²) in [7, 11) is 1.58. The second kappa shape index (κ2) is 5.28. The molecule has 0 bridgehead atoms. The van der Waals surface area contributed by atoms with E-state index in [-0.39, 0.29) is 11.6 Å². The first-order valence-electron chi connectivity index (χ1n) is 6.39. The smallest absolute Gasteiger partial charge is 0.363 e. The Labute approximate surface area is 121 Å². The Hall–Kier alpha value is -2.82. The van der Waals surface area contributed by atoms with Crippen LogP contribution in [0.3, 0.4) is 0 Å². The molecular formula is C16H13NO4. The van der Waals surface area contributed by atoms with Crippen LogP contribution < -0.4 is 4.74 Å². The van der Waals surface area contributed by atoms with E-state index < -0.39 is 5.97 Å². The highest BCUT2D eigenvalue weighted by Crippen LogP contribution is 2.22. The fraction of sp³-hybridized carbons (Fsp3) is 0.125. The predicted molar refractivity (Wildman–Crippen MR) is 77.0 cm³/mol. The number of methoxy groups -OCH3 is 1. The lowest BCUT2D eigenvalue weighted by Crippen LogP contribution is -2.05. The van der Waals surface area contributed by atoms with Crippen LogP contribution in [-0.4, -0.2) is 19.0 Å². The predicted octanol–water partition coefficient (Wildman–Crippen LogP) is 2.94. The Morgan fingerprint density at radius 1 is 1.24 bits per heavy atom. The Bertz CT molecular complexity index is 755. The van der Waals surface area contributed by atoms with Crippen molar-refractivity contribution in [2.75, 3.05) is 7.11 Å². The van der Waals surface area contributed by atoms with Gasteiger partial charge in [-0.1, -0.05) is 6.07 Å².